The highest BCUT2D eigenvalue weighted by atomic mass is 19.3. The SMILES string of the molecule is CC(C)CNC(=O)CNc1cc(OC(F)F)c(F)cc1N. The average Bonchev–Trinajstić information content (AvgIpc) is 2.37. The first kappa shape index (κ1) is 16.9. The number of nitrogen functional groups attached to an aromatic ring is 1. The summed E-state index contributed by atoms with van der Waals surface area (Å²) in [5.74, 6) is -1.62. The number of halogens is 3. The molecule has 1 aromatic rings. The number of hydrogen-bond acceptors (Lipinski definition) is 4. The highest BCUT2D eigenvalue weighted by Gasteiger charge is 2.14. The van der Waals surface area contributed by atoms with E-state index in [1.54, 1.807) is 0 Å². The maximum Gasteiger partial charge on any atom is 0.387 e. The van der Waals surface area contributed by atoms with Crippen molar-refractivity contribution in [3.8, 4) is 5.75 Å². The van der Waals surface area contributed by atoms with Gasteiger partial charge in [-0.3, -0.25) is 4.79 Å². The Bertz CT molecular complexity index is 496. The highest BCUT2D eigenvalue weighted by Crippen LogP contribution is 2.29. The molecule has 0 aliphatic carbocycles. The van der Waals surface area contributed by atoms with Crippen molar-refractivity contribution in [3.05, 3.63) is 17.9 Å². The molecule has 0 saturated heterocycles. The fourth-order valence-corrected chi connectivity index (χ4v) is 1.46. The fraction of sp³-hybridized carbons (Fsp3) is 0.462. The van der Waals surface area contributed by atoms with E-state index in [9.17, 15) is 18.0 Å². The van der Waals surface area contributed by atoms with Crippen molar-refractivity contribution in [2.75, 3.05) is 24.1 Å². The molecule has 0 radical (unpaired) electrons. The van der Waals surface area contributed by atoms with Gasteiger partial charge < -0.3 is 21.1 Å². The number of carbonyl (C=O) groups excluding carboxylic acids is 1. The Morgan fingerprint density at radius 1 is 1.38 bits per heavy atom. The second-order valence-electron chi connectivity index (χ2n) is 4.80. The molecule has 0 saturated carbocycles. The number of rotatable bonds is 7. The number of hydrogen-bond donors (Lipinski definition) is 3. The second kappa shape index (κ2) is 7.61. The Hall–Kier alpha value is -2.12. The minimum atomic E-state index is -3.15. The summed E-state index contributed by atoms with van der Waals surface area (Å²) in [6.07, 6.45) is 0. The predicted octanol–water partition coefficient (Wildman–Crippen LogP) is 2.19. The van der Waals surface area contributed by atoms with Gasteiger partial charge in [0.25, 0.3) is 0 Å². The lowest BCUT2D eigenvalue weighted by Crippen LogP contribution is -2.32. The van der Waals surface area contributed by atoms with Crippen molar-refractivity contribution < 1.29 is 22.7 Å². The molecular formula is C13H18F3N3O2. The number of benzene rings is 1. The molecule has 1 aromatic carbocycles. The Balaban J connectivity index is 2.68. The summed E-state index contributed by atoms with van der Waals surface area (Å²) in [5.41, 5.74) is 5.69. The summed E-state index contributed by atoms with van der Waals surface area (Å²) in [4.78, 5) is 11.5. The highest BCUT2D eigenvalue weighted by molar-refractivity contribution is 5.82. The zero-order chi connectivity index (χ0) is 16.0. The molecule has 0 atom stereocenters. The van der Waals surface area contributed by atoms with E-state index in [2.05, 4.69) is 15.4 Å². The van der Waals surface area contributed by atoms with Crippen molar-refractivity contribution in [2.45, 2.75) is 20.5 Å². The van der Waals surface area contributed by atoms with E-state index in [0.29, 0.717) is 12.5 Å². The van der Waals surface area contributed by atoms with Crippen molar-refractivity contribution in [1.29, 1.82) is 0 Å². The van der Waals surface area contributed by atoms with E-state index >= 15 is 0 Å². The van der Waals surface area contributed by atoms with Gasteiger partial charge in [0, 0.05) is 18.7 Å². The number of amides is 1. The summed E-state index contributed by atoms with van der Waals surface area (Å²) < 4.78 is 41.6. The molecule has 0 fully saturated rings. The molecule has 4 N–H and O–H groups in total. The molecule has 0 spiro atoms. The Morgan fingerprint density at radius 3 is 2.62 bits per heavy atom. The van der Waals surface area contributed by atoms with Crippen molar-refractivity contribution in [1.82, 2.24) is 5.32 Å². The number of nitrogens with two attached hydrogens (primary N) is 1. The van der Waals surface area contributed by atoms with Gasteiger partial charge in [0.15, 0.2) is 11.6 Å². The van der Waals surface area contributed by atoms with E-state index in [1.165, 1.54) is 0 Å². The quantitative estimate of drug-likeness (QED) is 0.675. The van der Waals surface area contributed by atoms with Crippen LogP contribution in [0.2, 0.25) is 0 Å². The molecule has 1 rings (SSSR count). The maximum atomic E-state index is 13.4. The fourth-order valence-electron chi connectivity index (χ4n) is 1.46. The minimum absolute atomic E-state index is 0.00854. The topological polar surface area (TPSA) is 76.4 Å². The first-order valence-corrected chi connectivity index (χ1v) is 6.34. The van der Waals surface area contributed by atoms with Crippen LogP contribution in [0.4, 0.5) is 24.5 Å². The third-order valence-electron chi connectivity index (χ3n) is 2.47. The monoisotopic (exact) mass is 305 g/mol. The molecule has 0 aliphatic rings. The van der Waals surface area contributed by atoms with E-state index in [1.807, 2.05) is 13.8 Å². The number of ether oxygens (including phenoxy) is 1. The van der Waals surface area contributed by atoms with Crippen LogP contribution in [0, 0.1) is 11.7 Å². The van der Waals surface area contributed by atoms with Crippen LogP contribution in [0.1, 0.15) is 13.8 Å². The molecule has 118 valence electrons. The summed E-state index contributed by atoms with van der Waals surface area (Å²) in [6.45, 7) is 1.14. The zero-order valence-corrected chi connectivity index (χ0v) is 11.8. The lowest BCUT2D eigenvalue weighted by molar-refractivity contribution is -0.119. The van der Waals surface area contributed by atoms with Gasteiger partial charge in [-0.1, -0.05) is 13.8 Å². The van der Waals surface area contributed by atoms with Gasteiger partial charge in [0.1, 0.15) is 0 Å². The molecule has 1 amide bonds. The lowest BCUT2D eigenvalue weighted by atomic mass is 10.2. The molecule has 21 heavy (non-hydrogen) atoms. The molecular weight excluding hydrogens is 287 g/mol. The summed E-state index contributed by atoms with van der Waals surface area (Å²) in [5, 5.41) is 5.31. The van der Waals surface area contributed by atoms with Crippen molar-refractivity contribution in [3.63, 3.8) is 0 Å². The molecule has 0 aliphatic heterocycles. The Kier molecular flexibility index (Phi) is 6.13. The molecule has 5 nitrogen and oxygen atoms in total. The van der Waals surface area contributed by atoms with E-state index in [0.717, 1.165) is 12.1 Å². The van der Waals surface area contributed by atoms with Crippen LogP contribution in [0.5, 0.6) is 5.75 Å². The molecule has 8 heteroatoms. The van der Waals surface area contributed by atoms with Crippen LogP contribution in [-0.2, 0) is 4.79 Å². The third-order valence-corrected chi connectivity index (χ3v) is 2.47. The van der Waals surface area contributed by atoms with E-state index < -0.39 is 18.2 Å². The van der Waals surface area contributed by atoms with Gasteiger partial charge in [-0.15, -0.1) is 0 Å². The molecule has 0 bridgehead atoms. The largest absolute Gasteiger partial charge is 0.432 e. The lowest BCUT2D eigenvalue weighted by Gasteiger charge is -2.13. The van der Waals surface area contributed by atoms with Gasteiger partial charge in [0.2, 0.25) is 5.91 Å². The number of anilines is 2. The zero-order valence-electron chi connectivity index (χ0n) is 11.8. The van der Waals surface area contributed by atoms with Crippen LogP contribution in [-0.4, -0.2) is 25.6 Å². The van der Waals surface area contributed by atoms with Crippen LogP contribution in [0.25, 0.3) is 0 Å². The van der Waals surface area contributed by atoms with Gasteiger partial charge in [-0.2, -0.15) is 8.78 Å². The summed E-state index contributed by atoms with van der Waals surface area (Å²) >= 11 is 0. The minimum Gasteiger partial charge on any atom is -0.432 e. The van der Waals surface area contributed by atoms with Crippen LogP contribution in [0.15, 0.2) is 12.1 Å². The number of alkyl halides is 2. The van der Waals surface area contributed by atoms with Gasteiger partial charge in [-0.05, 0) is 5.92 Å². The first-order chi connectivity index (χ1) is 9.79. The third kappa shape index (κ3) is 5.80. The number of nitrogens with one attached hydrogen (secondary N) is 2. The van der Waals surface area contributed by atoms with Crippen molar-refractivity contribution >= 4 is 17.3 Å². The average molecular weight is 305 g/mol. The standard InChI is InChI=1S/C13H18F3N3O2/c1-7(2)5-19-12(20)6-18-10-4-11(21-13(15)16)8(14)3-9(10)17/h3-4,7,13,18H,5-6,17H2,1-2H3,(H,19,20). The summed E-state index contributed by atoms with van der Waals surface area (Å²) in [6, 6.07) is 1.85. The Labute approximate surface area is 120 Å². The van der Waals surface area contributed by atoms with Gasteiger partial charge >= 0.3 is 6.61 Å². The predicted molar refractivity (Wildman–Crippen MR) is 73.8 cm³/mol. The number of carbonyl (C=O) groups is 1. The second-order valence-corrected chi connectivity index (χ2v) is 4.80. The molecule has 0 unspecified atom stereocenters. The normalized spacial score (nSPS) is 10.8. The maximum absolute atomic E-state index is 13.4. The Morgan fingerprint density at radius 2 is 2.05 bits per heavy atom. The van der Waals surface area contributed by atoms with Crippen LogP contribution < -0.4 is 21.1 Å². The molecule has 0 heterocycles. The first-order valence-electron chi connectivity index (χ1n) is 6.34. The molecule has 0 aromatic heterocycles. The van der Waals surface area contributed by atoms with E-state index in [4.69, 9.17) is 5.73 Å². The smallest absolute Gasteiger partial charge is 0.387 e. The van der Waals surface area contributed by atoms with Gasteiger partial charge in [-0.25, -0.2) is 4.39 Å². The summed E-state index contributed by atoms with van der Waals surface area (Å²) in [7, 11) is 0. The van der Waals surface area contributed by atoms with E-state index in [-0.39, 0.29) is 23.8 Å². The van der Waals surface area contributed by atoms with Crippen LogP contribution >= 0.6 is 0 Å². The van der Waals surface area contributed by atoms with Gasteiger partial charge in [0.05, 0.1) is 17.9 Å². The van der Waals surface area contributed by atoms with Crippen molar-refractivity contribution in [2.24, 2.45) is 5.92 Å². The van der Waals surface area contributed by atoms with Crippen LogP contribution in [0.3, 0.4) is 0 Å².